The number of likely N-dealkylation sites (tertiary alicyclic amines) is 1. The number of non-ortho nitro benzene ring substituents is 1. The van der Waals surface area contributed by atoms with Crippen LogP contribution in [0.15, 0.2) is 18.2 Å². The molecule has 1 aromatic rings. The maximum absolute atomic E-state index is 12.1. The molecule has 1 fully saturated rings. The molecule has 3 N–H and O–H groups in total. The molecule has 1 saturated heterocycles. The number of hydrogen-bond acceptors (Lipinski definition) is 5. The highest BCUT2D eigenvalue weighted by atomic mass is 16.6. The van der Waals surface area contributed by atoms with Crippen molar-refractivity contribution in [3.05, 3.63) is 33.9 Å². The third kappa shape index (κ3) is 3.69. The summed E-state index contributed by atoms with van der Waals surface area (Å²) in [6.07, 6.45) is 2.38. The number of rotatable bonds is 5. The van der Waals surface area contributed by atoms with E-state index in [-0.39, 0.29) is 28.9 Å². The average molecular weight is 292 g/mol. The van der Waals surface area contributed by atoms with Crippen molar-refractivity contribution in [2.24, 2.45) is 0 Å². The van der Waals surface area contributed by atoms with Crippen molar-refractivity contribution in [1.29, 1.82) is 0 Å². The Morgan fingerprint density at radius 3 is 2.76 bits per heavy atom. The highest BCUT2D eigenvalue weighted by Gasteiger charge is 2.20. The lowest BCUT2D eigenvalue weighted by molar-refractivity contribution is -0.384. The molecule has 0 saturated carbocycles. The van der Waals surface area contributed by atoms with Crippen molar-refractivity contribution in [3.63, 3.8) is 0 Å². The maximum atomic E-state index is 12.1. The Labute approximate surface area is 123 Å². The molecule has 0 aromatic heterocycles. The summed E-state index contributed by atoms with van der Waals surface area (Å²) >= 11 is 0. The van der Waals surface area contributed by atoms with Crippen LogP contribution in [0.4, 0.5) is 11.4 Å². The van der Waals surface area contributed by atoms with Crippen LogP contribution in [0.2, 0.25) is 0 Å². The van der Waals surface area contributed by atoms with E-state index >= 15 is 0 Å². The van der Waals surface area contributed by atoms with E-state index in [0.29, 0.717) is 6.54 Å². The van der Waals surface area contributed by atoms with Crippen LogP contribution < -0.4 is 11.1 Å². The molecule has 1 aromatic carbocycles. The molecule has 1 amide bonds. The standard InChI is InChI=1S/C14H20N4O3/c1-10(17-6-2-3-7-17)9-16-14(19)12-8-11(18(20)21)4-5-13(12)15/h4-5,8,10H,2-3,6-7,9,15H2,1H3,(H,16,19). The van der Waals surface area contributed by atoms with Gasteiger partial charge in [0.05, 0.1) is 10.5 Å². The van der Waals surface area contributed by atoms with Crippen molar-refractivity contribution >= 4 is 17.3 Å². The van der Waals surface area contributed by atoms with E-state index in [4.69, 9.17) is 5.73 Å². The third-order valence-corrected chi connectivity index (χ3v) is 3.81. The minimum atomic E-state index is -0.539. The lowest BCUT2D eigenvalue weighted by atomic mass is 10.1. The fourth-order valence-electron chi connectivity index (χ4n) is 2.50. The Kier molecular flexibility index (Phi) is 4.74. The van der Waals surface area contributed by atoms with Gasteiger partial charge in [-0.25, -0.2) is 0 Å². The van der Waals surface area contributed by atoms with Crippen molar-refractivity contribution in [2.75, 3.05) is 25.4 Å². The number of nitrogen functional groups attached to an aromatic ring is 1. The Morgan fingerprint density at radius 2 is 2.14 bits per heavy atom. The zero-order valence-corrected chi connectivity index (χ0v) is 12.0. The van der Waals surface area contributed by atoms with Crippen LogP contribution in [0.3, 0.4) is 0 Å². The Balaban J connectivity index is 1.99. The predicted molar refractivity (Wildman–Crippen MR) is 80.1 cm³/mol. The van der Waals surface area contributed by atoms with Gasteiger partial charge in [-0.1, -0.05) is 0 Å². The summed E-state index contributed by atoms with van der Waals surface area (Å²) in [6.45, 7) is 4.66. The number of benzene rings is 1. The smallest absolute Gasteiger partial charge is 0.270 e. The summed E-state index contributed by atoms with van der Waals surface area (Å²) in [7, 11) is 0. The first-order valence-electron chi connectivity index (χ1n) is 7.05. The Bertz CT molecular complexity index is 541. The molecule has 0 bridgehead atoms. The van der Waals surface area contributed by atoms with Gasteiger partial charge in [0, 0.05) is 30.4 Å². The van der Waals surface area contributed by atoms with Crippen molar-refractivity contribution in [2.45, 2.75) is 25.8 Å². The summed E-state index contributed by atoms with van der Waals surface area (Å²) < 4.78 is 0. The van der Waals surface area contributed by atoms with E-state index in [2.05, 4.69) is 17.1 Å². The van der Waals surface area contributed by atoms with Gasteiger partial charge in [0.15, 0.2) is 0 Å². The molecule has 0 radical (unpaired) electrons. The zero-order valence-electron chi connectivity index (χ0n) is 12.0. The summed E-state index contributed by atoms with van der Waals surface area (Å²) in [6, 6.07) is 4.14. The SMILES string of the molecule is CC(CNC(=O)c1cc([N+](=O)[O-])ccc1N)N1CCCC1. The maximum Gasteiger partial charge on any atom is 0.270 e. The molecule has 2 rings (SSSR count). The monoisotopic (exact) mass is 292 g/mol. The molecule has 1 heterocycles. The van der Waals surface area contributed by atoms with Gasteiger partial charge in [0.1, 0.15) is 0 Å². The van der Waals surface area contributed by atoms with Crippen LogP contribution >= 0.6 is 0 Å². The quantitative estimate of drug-likeness (QED) is 0.485. The number of carbonyl (C=O) groups is 1. The first kappa shape index (κ1) is 15.2. The lowest BCUT2D eigenvalue weighted by Gasteiger charge is -2.23. The van der Waals surface area contributed by atoms with E-state index in [1.807, 2.05) is 0 Å². The van der Waals surface area contributed by atoms with Gasteiger partial charge in [-0.3, -0.25) is 19.8 Å². The number of carbonyl (C=O) groups excluding carboxylic acids is 1. The van der Waals surface area contributed by atoms with E-state index < -0.39 is 4.92 Å². The molecule has 1 atom stereocenters. The number of nitro groups is 1. The number of nitrogens with two attached hydrogens (primary N) is 1. The van der Waals surface area contributed by atoms with Crippen molar-refractivity contribution in [3.8, 4) is 0 Å². The highest BCUT2D eigenvalue weighted by molar-refractivity contribution is 5.99. The van der Waals surface area contributed by atoms with Gasteiger partial charge in [0.25, 0.3) is 11.6 Å². The molecular weight excluding hydrogens is 272 g/mol. The molecule has 7 heteroatoms. The molecule has 1 aliphatic rings. The predicted octanol–water partition coefficient (Wildman–Crippen LogP) is 1.39. The second-order valence-corrected chi connectivity index (χ2v) is 5.33. The first-order chi connectivity index (χ1) is 9.99. The summed E-state index contributed by atoms with van der Waals surface area (Å²) in [4.78, 5) is 24.7. The minimum Gasteiger partial charge on any atom is -0.398 e. The highest BCUT2D eigenvalue weighted by Crippen LogP contribution is 2.19. The van der Waals surface area contributed by atoms with Crippen molar-refractivity contribution < 1.29 is 9.72 Å². The number of amides is 1. The molecule has 21 heavy (non-hydrogen) atoms. The number of anilines is 1. The third-order valence-electron chi connectivity index (χ3n) is 3.81. The fourth-order valence-corrected chi connectivity index (χ4v) is 2.50. The van der Waals surface area contributed by atoms with Gasteiger partial charge >= 0.3 is 0 Å². The number of hydrogen-bond donors (Lipinski definition) is 2. The Hall–Kier alpha value is -2.15. The normalized spacial score (nSPS) is 16.6. The van der Waals surface area contributed by atoms with Crippen LogP contribution in [0.1, 0.15) is 30.1 Å². The van der Waals surface area contributed by atoms with Gasteiger partial charge in [-0.2, -0.15) is 0 Å². The van der Waals surface area contributed by atoms with Gasteiger partial charge in [-0.05, 0) is 38.9 Å². The number of nitro benzene ring substituents is 1. The number of nitrogens with one attached hydrogen (secondary N) is 1. The summed E-state index contributed by atoms with van der Waals surface area (Å²) in [5, 5.41) is 13.6. The van der Waals surface area contributed by atoms with Gasteiger partial charge < -0.3 is 11.1 Å². The minimum absolute atomic E-state index is 0.137. The van der Waals surface area contributed by atoms with Crippen LogP contribution in [-0.4, -0.2) is 41.4 Å². The largest absolute Gasteiger partial charge is 0.398 e. The van der Waals surface area contributed by atoms with Crippen LogP contribution in [0.25, 0.3) is 0 Å². The van der Waals surface area contributed by atoms with Crippen LogP contribution in [0.5, 0.6) is 0 Å². The van der Waals surface area contributed by atoms with E-state index in [9.17, 15) is 14.9 Å². The van der Waals surface area contributed by atoms with Crippen LogP contribution in [-0.2, 0) is 0 Å². The van der Waals surface area contributed by atoms with E-state index in [0.717, 1.165) is 13.1 Å². The molecule has 114 valence electrons. The first-order valence-corrected chi connectivity index (χ1v) is 7.05. The van der Waals surface area contributed by atoms with Crippen molar-refractivity contribution in [1.82, 2.24) is 10.2 Å². The zero-order chi connectivity index (χ0) is 15.4. The molecule has 0 aliphatic carbocycles. The van der Waals surface area contributed by atoms with Gasteiger partial charge in [0.2, 0.25) is 0 Å². The molecule has 1 unspecified atom stereocenters. The molecule has 1 aliphatic heterocycles. The molecule has 7 nitrogen and oxygen atoms in total. The van der Waals surface area contributed by atoms with Gasteiger partial charge in [-0.15, -0.1) is 0 Å². The average Bonchev–Trinajstić information content (AvgIpc) is 2.98. The summed E-state index contributed by atoms with van der Waals surface area (Å²) in [5.74, 6) is -0.373. The fraction of sp³-hybridized carbons (Fsp3) is 0.500. The van der Waals surface area contributed by atoms with E-state index in [1.54, 1.807) is 0 Å². The topological polar surface area (TPSA) is 101 Å². The Morgan fingerprint density at radius 1 is 1.48 bits per heavy atom. The summed E-state index contributed by atoms with van der Waals surface area (Å²) in [5.41, 5.74) is 5.98. The van der Waals surface area contributed by atoms with E-state index in [1.165, 1.54) is 31.0 Å². The second kappa shape index (κ2) is 6.53. The number of nitrogens with zero attached hydrogens (tertiary/aromatic N) is 2. The lowest BCUT2D eigenvalue weighted by Crippen LogP contribution is -2.40. The second-order valence-electron chi connectivity index (χ2n) is 5.33. The molecule has 0 spiro atoms. The van der Waals surface area contributed by atoms with Crippen LogP contribution in [0, 0.1) is 10.1 Å². The molecular formula is C14H20N4O3.